The number of carbonyl (C=O) groups is 2. The van der Waals surface area contributed by atoms with Gasteiger partial charge in [-0.25, -0.2) is 14.7 Å². The van der Waals surface area contributed by atoms with Crippen molar-refractivity contribution in [1.29, 1.82) is 0 Å². The molecule has 0 radical (unpaired) electrons. The Hall–Kier alpha value is -1.63. The predicted molar refractivity (Wildman–Crippen MR) is 71.7 cm³/mol. The molecule has 0 saturated carbocycles. The highest BCUT2D eigenvalue weighted by Gasteiger charge is 2.39. The maximum Gasteiger partial charge on any atom is 0.416 e. The summed E-state index contributed by atoms with van der Waals surface area (Å²) in [7, 11) is 0. The molecule has 1 saturated heterocycles. The van der Waals surface area contributed by atoms with Gasteiger partial charge in [-0.3, -0.25) is 4.79 Å². The third kappa shape index (κ3) is 3.04. The van der Waals surface area contributed by atoms with E-state index in [0.717, 1.165) is 5.69 Å². The van der Waals surface area contributed by atoms with Crippen LogP contribution >= 0.6 is 11.3 Å². The number of nitrogen functional groups attached to an aromatic ring is 1. The highest BCUT2D eigenvalue weighted by atomic mass is 32.1. The molecule has 1 unspecified atom stereocenters. The average molecular weight is 283 g/mol. The van der Waals surface area contributed by atoms with Crippen molar-refractivity contribution in [2.24, 2.45) is 5.92 Å². The number of carbonyl (C=O) groups excluding carboxylic acids is 2. The highest BCUT2D eigenvalue weighted by molar-refractivity contribution is 7.13. The molecule has 6 nitrogen and oxygen atoms in total. The van der Waals surface area contributed by atoms with E-state index in [1.54, 1.807) is 0 Å². The number of amides is 2. The smallest absolute Gasteiger partial charge is 0.416 e. The second-order valence-electron chi connectivity index (χ2n) is 4.83. The SMILES string of the molecule is CC(C)C1COC(=O)N1C(=O)CCc1csc(N)n1. The summed E-state index contributed by atoms with van der Waals surface area (Å²) in [5.74, 6) is -0.0295. The molecule has 1 aliphatic heterocycles. The molecule has 2 N–H and O–H groups in total. The van der Waals surface area contributed by atoms with Crippen molar-refractivity contribution in [3.63, 3.8) is 0 Å². The van der Waals surface area contributed by atoms with Crippen LogP contribution in [-0.2, 0) is 16.0 Å². The zero-order valence-electron chi connectivity index (χ0n) is 11.0. The fraction of sp³-hybridized carbons (Fsp3) is 0.583. The third-order valence-corrected chi connectivity index (χ3v) is 3.83. The van der Waals surface area contributed by atoms with Gasteiger partial charge in [0.15, 0.2) is 5.13 Å². The van der Waals surface area contributed by atoms with Crippen LogP contribution in [0, 0.1) is 5.92 Å². The maximum absolute atomic E-state index is 12.1. The van der Waals surface area contributed by atoms with Gasteiger partial charge < -0.3 is 10.5 Å². The summed E-state index contributed by atoms with van der Waals surface area (Å²) in [5, 5.41) is 2.31. The summed E-state index contributed by atoms with van der Waals surface area (Å²) >= 11 is 1.34. The van der Waals surface area contributed by atoms with Gasteiger partial charge in [0, 0.05) is 11.8 Å². The van der Waals surface area contributed by atoms with Crippen LogP contribution in [-0.4, -0.2) is 34.5 Å². The van der Waals surface area contributed by atoms with E-state index in [9.17, 15) is 9.59 Å². The molecule has 2 rings (SSSR count). The number of aromatic nitrogens is 1. The lowest BCUT2D eigenvalue weighted by atomic mass is 10.0. The number of rotatable bonds is 4. The van der Waals surface area contributed by atoms with Crippen molar-refractivity contribution in [3.05, 3.63) is 11.1 Å². The molecule has 0 bridgehead atoms. The van der Waals surface area contributed by atoms with E-state index in [4.69, 9.17) is 10.5 Å². The summed E-state index contributed by atoms with van der Waals surface area (Å²) < 4.78 is 4.95. The Balaban J connectivity index is 1.96. The normalized spacial score (nSPS) is 19.0. The van der Waals surface area contributed by atoms with E-state index < -0.39 is 6.09 Å². The number of cyclic esters (lactones) is 1. The van der Waals surface area contributed by atoms with Crippen LogP contribution in [0.25, 0.3) is 0 Å². The number of ether oxygens (including phenoxy) is 1. The minimum Gasteiger partial charge on any atom is -0.447 e. The van der Waals surface area contributed by atoms with Crippen molar-refractivity contribution in [1.82, 2.24) is 9.88 Å². The largest absolute Gasteiger partial charge is 0.447 e. The third-order valence-electron chi connectivity index (χ3n) is 3.11. The van der Waals surface area contributed by atoms with Crippen molar-refractivity contribution in [3.8, 4) is 0 Å². The number of nitrogens with zero attached hydrogens (tertiary/aromatic N) is 2. The molecular weight excluding hydrogens is 266 g/mol. The fourth-order valence-electron chi connectivity index (χ4n) is 2.01. The van der Waals surface area contributed by atoms with Crippen molar-refractivity contribution in [2.45, 2.75) is 32.7 Å². The number of thiazole rings is 1. The van der Waals surface area contributed by atoms with E-state index >= 15 is 0 Å². The number of hydrogen-bond donors (Lipinski definition) is 1. The molecule has 2 amide bonds. The van der Waals surface area contributed by atoms with Gasteiger partial charge in [-0.1, -0.05) is 13.8 Å². The first kappa shape index (κ1) is 13.8. The Bertz CT molecular complexity index is 486. The minimum atomic E-state index is -0.540. The van der Waals surface area contributed by atoms with Gasteiger partial charge in [0.2, 0.25) is 5.91 Å². The number of hydrogen-bond acceptors (Lipinski definition) is 6. The van der Waals surface area contributed by atoms with Gasteiger partial charge in [0.25, 0.3) is 0 Å². The van der Waals surface area contributed by atoms with E-state index in [1.165, 1.54) is 16.2 Å². The molecule has 0 aromatic carbocycles. The monoisotopic (exact) mass is 283 g/mol. The molecule has 1 aliphatic rings. The zero-order valence-corrected chi connectivity index (χ0v) is 11.8. The van der Waals surface area contributed by atoms with E-state index in [0.29, 0.717) is 11.6 Å². The van der Waals surface area contributed by atoms with Gasteiger partial charge in [-0.2, -0.15) is 0 Å². The lowest BCUT2D eigenvalue weighted by molar-refractivity contribution is -0.129. The summed E-state index contributed by atoms with van der Waals surface area (Å²) in [6.07, 6.45) is 0.185. The van der Waals surface area contributed by atoms with Gasteiger partial charge in [0.05, 0.1) is 11.7 Å². The molecule has 1 fully saturated rings. The molecule has 1 aromatic rings. The van der Waals surface area contributed by atoms with E-state index in [2.05, 4.69) is 4.98 Å². The number of aryl methyl sites for hydroxylation is 1. The van der Waals surface area contributed by atoms with Crippen LogP contribution in [0.15, 0.2) is 5.38 Å². The van der Waals surface area contributed by atoms with Gasteiger partial charge in [-0.15, -0.1) is 11.3 Å². The molecule has 0 spiro atoms. The van der Waals surface area contributed by atoms with Crippen LogP contribution in [0.4, 0.5) is 9.93 Å². The van der Waals surface area contributed by atoms with Crippen LogP contribution in [0.2, 0.25) is 0 Å². The van der Waals surface area contributed by atoms with E-state index in [-0.39, 0.29) is 30.9 Å². The van der Waals surface area contributed by atoms with Crippen LogP contribution in [0.5, 0.6) is 0 Å². The lowest BCUT2D eigenvalue weighted by Crippen LogP contribution is -2.41. The molecule has 1 atom stereocenters. The predicted octanol–water partition coefficient (Wildman–Crippen LogP) is 1.66. The van der Waals surface area contributed by atoms with Crippen molar-refractivity contribution >= 4 is 28.5 Å². The Kier molecular flexibility index (Phi) is 4.04. The first-order valence-electron chi connectivity index (χ1n) is 6.17. The summed E-state index contributed by atoms with van der Waals surface area (Å²) in [4.78, 5) is 29.0. The minimum absolute atomic E-state index is 0.166. The Labute approximate surface area is 115 Å². The molecule has 19 heavy (non-hydrogen) atoms. The average Bonchev–Trinajstić information content (AvgIpc) is 2.92. The molecule has 7 heteroatoms. The molecular formula is C12H17N3O3S. The quantitative estimate of drug-likeness (QED) is 0.908. The topological polar surface area (TPSA) is 85.5 Å². The molecule has 1 aromatic heterocycles. The standard InChI is InChI=1S/C12H17N3O3S/c1-7(2)9-5-18-12(17)15(9)10(16)4-3-8-6-19-11(13)14-8/h6-7,9H,3-5H2,1-2H3,(H2,13,14). The summed E-state index contributed by atoms with van der Waals surface area (Å²) in [6, 6.07) is -0.166. The van der Waals surface area contributed by atoms with Gasteiger partial charge in [-0.05, 0) is 12.3 Å². The number of nitrogens with two attached hydrogens (primary N) is 1. The maximum atomic E-state index is 12.1. The molecule has 2 heterocycles. The van der Waals surface area contributed by atoms with Crippen LogP contribution in [0.1, 0.15) is 26.0 Å². The molecule has 104 valence electrons. The Morgan fingerprint density at radius 1 is 1.68 bits per heavy atom. The molecule has 0 aliphatic carbocycles. The first-order valence-corrected chi connectivity index (χ1v) is 7.05. The van der Waals surface area contributed by atoms with Crippen molar-refractivity contribution in [2.75, 3.05) is 12.3 Å². The lowest BCUT2D eigenvalue weighted by Gasteiger charge is -2.22. The Morgan fingerprint density at radius 3 is 3.00 bits per heavy atom. The summed E-state index contributed by atoms with van der Waals surface area (Å²) in [6.45, 7) is 4.22. The second-order valence-corrected chi connectivity index (χ2v) is 5.72. The summed E-state index contributed by atoms with van der Waals surface area (Å²) in [5.41, 5.74) is 6.31. The highest BCUT2D eigenvalue weighted by Crippen LogP contribution is 2.21. The van der Waals surface area contributed by atoms with E-state index in [1.807, 2.05) is 19.2 Å². The fourth-order valence-corrected chi connectivity index (χ4v) is 2.60. The van der Waals surface area contributed by atoms with Gasteiger partial charge >= 0.3 is 6.09 Å². The van der Waals surface area contributed by atoms with Crippen LogP contribution in [0.3, 0.4) is 0 Å². The van der Waals surface area contributed by atoms with Gasteiger partial charge in [0.1, 0.15) is 6.61 Å². The Morgan fingerprint density at radius 2 is 2.42 bits per heavy atom. The number of anilines is 1. The number of imide groups is 1. The zero-order chi connectivity index (χ0) is 14.0. The first-order chi connectivity index (χ1) is 8.99. The van der Waals surface area contributed by atoms with Crippen molar-refractivity contribution < 1.29 is 14.3 Å². The second kappa shape index (κ2) is 5.56. The van der Waals surface area contributed by atoms with Crippen LogP contribution < -0.4 is 5.73 Å².